The standard InChI is InChI=1S/C21H25ClN4O2S/c1-5-6-9-25-20(27)17(23-21(25)29)11-15-7-8-18(28-4)16(10-15)12-26-14(3)19(22)13(2)24-26/h7-8,10-11H,5-6,9,12H2,1-4H3,(H,23,29)/b17-11+. The van der Waals surface area contributed by atoms with Crippen LogP contribution in [-0.2, 0) is 11.3 Å². The van der Waals surface area contributed by atoms with Gasteiger partial charge in [-0.25, -0.2) is 0 Å². The third-order valence-electron chi connectivity index (χ3n) is 4.93. The Morgan fingerprint density at radius 2 is 2.10 bits per heavy atom. The van der Waals surface area contributed by atoms with Crippen molar-refractivity contribution in [3.05, 3.63) is 51.4 Å². The van der Waals surface area contributed by atoms with Gasteiger partial charge in [-0.1, -0.05) is 31.0 Å². The molecule has 0 radical (unpaired) electrons. The summed E-state index contributed by atoms with van der Waals surface area (Å²) in [6, 6.07) is 5.79. The maximum atomic E-state index is 12.7. The molecule has 3 rings (SSSR count). The van der Waals surface area contributed by atoms with Crippen molar-refractivity contribution in [2.75, 3.05) is 13.7 Å². The van der Waals surface area contributed by atoms with Crippen LogP contribution in [0.2, 0.25) is 5.02 Å². The van der Waals surface area contributed by atoms with Gasteiger partial charge in [0.25, 0.3) is 5.91 Å². The number of amides is 1. The van der Waals surface area contributed by atoms with E-state index < -0.39 is 0 Å². The second-order valence-electron chi connectivity index (χ2n) is 7.01. The summed E-state index contributed by atoms with van der Waals surface area (Å²) >= 11 is 11.6. The van der Waals surface area contributed by atoms with Crippen molar-refractivity contribution in [1.29, 1.82) is 0 Å². The number of halogens is 1. The van der Waals surface area contributed by atoms with Crippen molar-refractivity contribution in [3.63, 3.8) is 0 Å². The Morgan fingerprint density at radius 3 is 2.72 bits per heavy atom. The van der Waals surface area contributed by atoms with Gasteiger partial charge in [0.2, 0.25) is 0 Å². The van der Waals surface area contributed by atoms with E-state index in [1.807, 2.05) is 42.8 Å². The predicted molar refractivity (Wildman–Crippen MR) is 119 cm³/mol. The molecule has 1 saturated heterocycles. The number of thiocarbonyl (C=S) groups is 1. The number of hydrogen-bond donors (Lipinski definition) is 1. The van der Waals surface area contributed by atoms with E-state index in [2.05, 4.69) is 17.3 Å². The Bertz CT molecular complexity index is 983. The highest BCUT2D eigenvalue weighted by Gasteiger charge is 2.29. The molecule has 1 fully saturated rings. The molecule has 6 nitrogen and oxygen atoms in total. The number of rotatable bonds is 7. The first kappa shape index (κ1) is 21.3. The molecule has 1 aliphatic heterocycles. The van der Waals surface area contributed by atoms with Gasteiger partial charge in [0.15, 0.2) is 5.11 Å². The number of carbonyl (C=O) groups is 1. The number of nitrogens with zero attached hydrogens (tertiary/aromatic N) is 3. The van der Waals surface area contributed by atoms with Gasteiger partial charge in [0, 0.05) is 12.1 Å². The zero-order chi connectivity index (χ0) is 21.1. The van der Waals surface area contributed by atoms with Crippen molar-refractivity contribution in [2.24, 2.45) is 0 Å². The average Bonchev–Trinajstić information content (AvgIpc) is 3.10. The number of aryl methyl sites for hydroxylation is 1. The lowest BCUT2D eigenvalue weighted by Crippen LogP contribution is -2.31. The number of nitrogens with one attached hydrogen (secondary N) is 1. The van der Waals surface area contributed by atoms with E-state index >= 15 is 0 Å². The molecule has 29 heavy (non-hydrogen) atoms. The van der Waals surface area contributed by atoms with Crippen LogP contribution in [0.5, 0.6) is 5.75 Å². The summed E-state index contributed by atoms with van der Waals surface area (Å²) in [5.41, 5.74) is 4.00. The van der Waals surface area contributed by atoms with Gasteiger partial charge in [-0.05, 0) is 56.3 Å². The molecule has 2 heterocycles. The summed E-state index contributed by atoms with van der Waals surface area (Å²) in [6.45, 7) is 7.05. The predicted octanol–water partition coefficient (Wildman–Crippen LogP) is 4.07. The Labute approximate surface area is 181 Å². The summed E-state index contributed by atoms with van der Waals surface area (Å²) in [5, 5.41) is 8.66. The first-order valence-corrected chi connectivity index (χ1v) is 10.3. The molecule has 1 aromatic heterocycles. The molecule has 1 N–H and O–H groups in total. The van der Waals surface area contributed by atoms with Crippen LogP contribution in [0.4, 0.5) is 0 Å². The maximum absolute atomic E-state index is 12.7. The van der Waals surface area contributed by atoms with E-state index in [1.165, 1.54) is 0 Å². The van der Waals surface area contributed by atoms with E-state index in [1.54, 1.807) is 12.0 Å². The van der Waals surface area contributed by atoms with Gasteiger partial charge in [0.05, 0.1) is 30.1 Å². The lowest BCUT2D eigenvalue weighted by molar-refractivity contribution is -0.122. The van der Waals surface area contributed by atoms with Gasteiger partial charge in [-0.2, -0.15) is 5.10 Å². The number of hydrogen-bond acceptors (Lipinski definition) is 4. The quantitative estimate of drug-likeness (QED) is 0.528. The van der Waals surface area contributed by atoms with Crippen LogP contribution in [0.3, 0.4) is 0 Å². The van der Waals surface area contributed by atoms with Crippen LogP contribution in [-0.4, -0.2) is 39.4 Å². The van der Waals surface area contributed by atoms with Gasteiger partial charge in [-0.15, -0.1) is 0 Å². The third kappa shape index (κ3) is 4.46. The summed E-state index contributed by atoms with van der Waals surface area (Å²) in [5.74, 6) is 0.660. The van der Waals surface area contributed by atoms with Gasteiger partial charge in [-0.3, -0.25) is 14.4 Å². The van der Waals surface area contributed by atoms with Crippen molar-refractivity contribution >= 4 is 40.9 Å². The monoisotopic (exact) mass is 432 g/mol. The van der Waals surface area contributed by atoms with Gasteiger partial charge in [0.1, 0.15) is 11.4 Å². The highest BCUT2D eigenvalue weighted by atomic mass is 35.5. The molecule has 1 aromatic carbocycles. The summed E-state index contributed by atoms with van der Waals surface area (Å²) < 4.78 is 7.37. The van der Waals surface area contributed by atoms with Crippen molar-refractivity contribution in [1.82, 2.24) is 20.0 Å². The van der Waals surface area contributed by atoms with E-state index in [-0.39, 0.29) is 5.91 Å². The summed E-state index contributed by atoms with van der Waals surface area (Å²) in [6.07, 6.45) is 3.74. The Morgan fingerprint density at radius 1 is 1.34 bits per heavy atom. The van der Waals surface area contributed by atoms with Crippen LogP contribution < -0.4 is 10.1 Å². The second-order valence-corrected chi connectivity index (χ2v) is 7.78. The van der Waals surface area contributed by atoms with Crippen molar-refractivity contribution in [3.8, 4) is 5.75 Å². The number of benzene rings is 1. The molecule has 0 aliphatic carbocycles. The highest BCUT2D eigenvalue weighted by Crippen LogP contribution is 2.26. The average molecular weight is 433 g/mol. The van der Waals surface area contributed by atoms with Gasteiger partial charge < -0.3 is 10.1 Å². The summed E-state index contributed by atoms with van der Waals surface area (Å²) in [7, 11) is 1.64. The topological polar surface area (TPSA) is 59.4 Å². The fourth-order valence-electron chi connectivity index (χ4n) is 3.26. The third-order valence-corrected chi connectivity index (χ3v) is 5.80. The normalized spacial score (nSPS) is 15.3. The van der Waals surface area contributed by atoms with Crippen LogP contribution in [0, 0.1) is 13.8 Å². The fraction of sp³-hybridized carbons (Fsp3) is 0.381. The van der Waals surface area contributed by atoms with Crippen LogP contribution >= 0.6 is 23.8 Å². The minimum absolute atomic E-state index is 0.0915. The van der Waals surface area contributed by atoms with E-state index in [9.17, 15) is 4.79 Å². The molecule has 1 aliphatic rings. The Balaban J connectivity index is 1.89. The molecule has 8 heteroatoms. The zero-order valence-corrected chi connectivity index (χ0v) is 18.7. The molecule has 154 valence electrons. The fourth-order valence-corrected chi connectivity index (χ4v) is 3.68. The molecule has 1 amide bonds. The molecule has 0 saturated carbocycles. The second kappa shape index (κ2) is 8.97. The Kier molecular flexibility index (Phi) is 6.59. The Hall–Kier alpha value is -2.38. The van der Waals surface area contributed by atoms with E-state index in [0.29, 0.717) is 28.9 Å². The first-order chi connectivity index (χ1) is 13.8. The van der Waals surface area contributed by atoms with Crippen LogP contribution in [0.25, 0.3) is 6.08 Å². The molecule has 0 spiro atoms. The zero-order valence-electron chi connectivity index (χ0n) is 17.1. The van der Waals surface area contributed by atoms with Crippen LogP contribution in [0.15, 0.2) is 23.9 Å². The molecular formula is C21H25ClN4O2S. The SMILES string of the molecule is CCCCN1C(=O)/C(=C\c2ccc(OC)c(Cn3nc(C)c(Cl)c3C)c2)NC1=S. The van der Waals surface area contributed by atoms with Crippen molar-refractivity contribution in [2.45, 2.75) is 40.2 Å². The number of ether oxygens (including phenoxy) is 1. The van der Waals surface area contributed by atoms with Crippen LogP contribution in [0.1, 0.15) is 42.3 Å². The minimum atomic E-state index is -0.0915. The number of carbonyl (C=O) groups excluding carboxylic acids is 1. The summed E-state index contributed by atoms with van der Waals surface area (Å²) in [4.78, 5) is 14.3. The minimum Gasteiger partial charge on any atom is -0.496 e. The van der Waals surface area contributed by atoms with E-state index in [0.717, 1.165) is 41.1 Å². The van der Waals surface area contributed by atoms with E-state index in [4.69, 9.17) is 28.6 Å². The largest absolute Gasteiger partial charge is 0.496 e. The maximum Gasteiger partial charge on any atom is 0.276 e. The first-order valence-electron chi connectivity index (χ1n) is 9.56. The molecular weight excluding hydrogens is 408 g/mol. The highest BCUT2D eigenvalue weighted by molar-refractivity contribution is 7.80. The molecule has 0 bridgehead atoms. The number of unbranched alkanes of at least 4 members (excludes halogenated alkanes) is 1. The smallest absolute Gasteiger partial charge is 0.276 e. The number of methoxy groups -OCH3 is 1. The van der Waals surface area contributed by atoms with Gasteiger partial charge >= 0.3 is 0 Å². The lowest BCUT2D eigenvalue weighted by atomic mass is 10.1. The van der Waals surface area contributed by atoms with Crippen molar-refractivity contribution < 1.29 is 9.53 Å². The lowest BCUT2D eigenvalue weighted by Gasteiger charge is -2.12. The molecule has 0 atom stereocenters. The molecule has 2 aromatic rings. The number of aromatic nitrogens is 2. The molecule has 0 unspecified atom stereocenters.